The number of rotatable bonds is 4. The van der Waals surface area contributed by atoms with Gasteiger partial charge in [-0.3, -0.25) is 9.59 Å². The molecule has 1 aromatic rings. The molecule has 2 atom stereocenters. The normalized spacial score (nSPS) is 24.7. The van der Waals surface area contributed by atoms with Crippen LogP contribution in [0.4, 0.5) is 4.39 Å². The molecule has 0 radical (unpaired) electrons. The summed E-state index contributed by atoms with van der Waals surface area (Å²) >= 11 is 0. The Balaban J connectivity index is 1.86. The van der Waals surface area contributed by atoms with Crippen molar-refractivity contribution in [2.24, 2.45) is 11.8 Å². The molecule has 0 bridgehead atoms. The third kappa shape index (κ3) is 3.38. The zero-order valence-corrected chi connectivity index (χ0v) is 13.7. The molecule has 23 heavy (non-hydrogen) atoms. The monoisotopic (exact) mass is 318 g/mol. The molecule has 2 amide bonds. The van der Waals surface area contributed by atoms with Gasteiger partial charge in [0.05, 0.1) is 12.0 Å². The Morgan fingerprint density at radius 2 is 2.09 bits per heavy atom. The molecule has 1 aliphatic carbocycles. The molecule has 3 rings (SSSR count). The molecule has 0 spiro atoms. The summed E-state index contributed by atoms with van der Waals surface area (Å²) in [4.78, 5) is 28.4. The Labute approximate surface area is 136 Å². The lowest BCUT2D eigenvalue weighted by atomic mass is 9.83. The number of benzene rings is 1. The van der Waals surface area contributed by atoms with Gasteiger partial charge >= 0.3 is 0 Å². The molecule has 2 aliphatic rings. The van der Waals surface area contributed by atoms with Crippen LogP contribution in [-0.2, 0) is 9.59 Å². The fourth-order valence-electron chi connectivity index (χ4n) is 3.50. The maximum absolute atomic E-state index is 13.6. The van der Waals surface area contributed by atoms with Crippen molar-refractivity contribution in [1.29, 1.82) is 0 Å². The van der Waals surface area contributed by atoms with Crippen LogP contribution in [0.5, 0.6) is 0 Å². The van der Waals surface area contributed by atoms with E-state index in [1.807, 2.05) is 7.05 Å². The smallest absolute Gasteiger partial charge is 0.227 e. The fraction of sp³-hybridized carbons (Fsp3) is 0.556. The predicted octanol–water partition coefficient (Wildman–Crippen LogP) is 2.60. The fourth-order valence-corrected chi connectivity index (χ4v) is 3.50. The highest BCUT2D eigenvalue weighted by atomic mass is 19.1. The van der Waals surface area contributed by atoms with E-state index in [-0.39, 0.29) is 29.6 Å². The molecule has 0 N–H and O–H groups in total. The van der Waals surface area contributed by atoms with Crippen LogP contribution in [0.1, 0.15) is 37.3 Å². The second kappa shape index (κ2) is 6.30. The van der Waals surface area contributed by atoms with Gasteiger partial charge in [0.1, 0.15) is 5.82 Å². The van der Waals surface area contributed by atoms with Crippen molar-refractivity contribution in [2.75, 3.05) is 20.6 Å². The number of carbonyl (C=O) groups excluding carboxylic acids is 2. The second-order valence-corrected chi connectivity index (χ2v) is 6.81. The van der Waals surface area contributed by atoms with E-state index in [9.17, 15) is 14.0 Å². The SMILES string of the molecule is CN(CC1CC1)C(=O)[C@H]1CCC(=O)N(C)[C@@H]1c1cccc(F)c1. The molecular weight excluding hydrogens is 295 g/mol. The van der Waals surface area contributed by atoms with Crippen LogP contribution >= 0.6 is 0 Å². The molecule has 1 heterocycles. The van der Waals surface area contributed by atoms with Gasteiger partial charge in [-0.1, -0.05) is 12.1 Å². The Morgan fingerprint density at radius 1 is 1.35 bits per heavy atom. The molecule has 1 saturated heterocycles. The lowest BCUT2D eigenvalue weighted by Crippen LogP contribution is -2.47. The van der Waals surface area contributed by atoms with E-state index in [4.69, 9.17) is 0 Å². The summed E-state index contributed by atoms with van der Waals surface area (Å²) in [5.74, 6) is 0.0490. The van der Waals surface area contributed by atoms with Crippen molar-refractivity contribution in [2.45, 2.75) is 31.7 Å². The number of halogens is 1. The van der Waals surface area contributed by atoms with Crippen molar-refractivity contribution in [3.05, 3.63) is 35.6 Å². The molecule has 4 nitrogen and oxygen atoms in total. The highest BCUT2D eigenvalue weighted by molar-refractivity contribution is 5.84. The Hall–Kier alpha value is -1.91. The standard InChI is InChI=1S/C18H23FN2O2/c1-20(11-12-6-7-12)18(23)15-8-9-16(22)21(2)17(15)13-4-3-5-14(19)10-13/h3-5,10,12,15,17H,6-9,11H2,1-2H3/t15-,17+/m0/s1. The van der Waals surface area contributed by atoms with E-state index in [0.29, 0.717) is 24.3 Å². The summed E-state index contributed by atoms with van der Waals surface area (Å²) in [7, 11) is 3.54. The number of hydrogen-bond acceptors (Lipinski definition) is 2. The van der Waals surface area contributed by atoms with E-state index in [1.54, 1.807) is 29.0 Å². The Kier molecular flexibility index (Phi) is 4.37. The zero-order chi connectivity index (χ0) is 16.6. The zero-order valence-electron chi connectivity index (χ0n) is 13.7. The van der Waals surface area contributed by atoms with Gasteiger partial charge in [0.15, 0.2) is 0 Å². The second-order valence-electron chi connectivity index (χ2n) is 6.81. The average molecular weight is 318 g/mol. The van der Waals surface area contributed by atoms with Gasteiger partial charge < -0.3 is 9.80 Å². The lowest BCUT2D eigenvalue weighted by molar-refractivity contribution is -0.146. The first-order valence-corrected chi connectivity index (χ1v) is 8.23. The van der Waals surface area contributed by atoms with Gasteiger partial charge in [-0.2, -0.15) is 0 Å². The number of amides is 2. The maximum atomic E-state index is 13.6. The molecule has 2 fully saturated rings. The van der Waals surface area contributed by atoms with Gasteiger partial charge in [-0.25, -0.2) is 4.39 Å². The summed E-state index contributed by atoms with van der Waals surface area (Å²) in [6, 6.07) is 5.85. The van der Waals surface area contributed by atoms with Crippen LogP contribution in [0.15, 0.2) is 24.3 Å². The minimum Gasteiger partial charge on any atom is -0.345 e. The first-order chi connectivity index (χ1) is 11.0. The number of nitrogens with zero attached hydrogens (tertiary/aromatic N) is 2. The van der Waals surface area contributed by atoms with Gasteiger partial charge in [-0.05, 0) is 42.9 Å². The lowest BCUT2D eigenvalue weighted by Gasteiger charge is -2.40. The largest absolute Gasteiger partial charge is 0.345 e. The molecule has 1 aliphatic heterocycles. The van der Waals surface area contributed by atoms with Crippen molar-refractivity contribution < 1.29 is 14.0 Å². The number of carbonyl (C=O) groups is 2. The van der Waals surface area contributed by atoms with E-state index < -0.39 is 0 Å². The van der Waals surface area contributed by atoms with Crippen LogP contribution in [0.2, 0.25) is 0 Å². The quantitative estimate of drug-likeness (QED) is 0.856. The minimum atomic E-state index is -0.388. The van der Waals surface area contributed by atoms with Crippen molar-refractivity contribution in [1.82, 2.24) is 9.80 Å². The average Bonchev–Trinajstić information content (AvgIpc) is 3.33. The first kappa shape index (κ1) is 16.0. The van der Waals surface area contributed by atoms with Gasteiger partial charge in [-0.15, -0.1) is 0 Å². The summed E-state index contributed by atoms with van der Waals surface area (Å²) in [5.41, 5.74) is 0.693. The molecular formula is C18H23FN2O2. The highest BCUT2D eigenvalue weighted by Crippen LogP contribution is 2.38. The van der Waals surface area contributed by atoms with Crippen LogP contribution in [0, 0.1) is 17.7 Å². The predicted molar refractivity (Wildman–Crippen MR) is 85.0 cm³/mol. The minimum absolute atomic E-state index is 0.00755. The van der Waals surface area contributed by atoms with E-state index >= 15 is 0 Å². The highest BCUT2D eigenvalue weighted by Gasteiger charge is 2.40. The third-order valence-electron chi connectivity index (χ3n) is 4.97. The van der Waals surface area contributed by atoms with Crippen LogP contribution in [-0.4, -0.2) is 42.3 Å². The van der Waals surface area contributed by atoms with Crippen LogP contribution in [0.3, 0.4) is 0 Å². The third-order valence-corrected chi connectivity index (χ3v) is 4.97. The summed E-state index contributed by atoms with van der Waals surface area (Å²) in [6.45, 7) is 0.781. The molecule has 124 valence electrons. The van der Waals surface area contributed by atoms with Gasteiger partial charge in [0, 0.05) is 27.1 Å². The Morgan fingerprint density at radius 3 is 2.74 bits per heavy atom. The molecule has 0 aromatic heterocycles. The number of hydrogen-bond donors (Lipinski definition) is 0. The van der Waals surface area contributed by atoms with Crippen LogP contribution in [0.25, 0.3) is 0 Å². The molecule has 1 aromatic carbocycles. The maximum Gasteiger partial charge on any atom is 0.227 e. The summed E-state index contributed by atoms with van der Waals surface area (Å²) in [5, 5.41) is 0. The molecule has 5 heteroatoms. The summed E-state index contributed by atoms with van der Waals surface area (Å²) < 4.78 is 13.6. The van der Waals surface area contributed by atoms with Crippen LogP contribution < -0.4 is 0 Å². The van der Waals surface area contributed by atoms with Crippen molar-refractivity contribution in [3.8, 4) is 0 Å². The topological polar surface area (TPSA) is 40.6 Å². The van der Waals surface area contributed by atoms with E-state index in [0.717, 1.165) is 6.54 Å². The van der Waals surface area contributed by atoms with Gasteiger partial charge in [0.2, 0.25) is 11.8 Å². The van der Waals surface area contributed by atoms with E-state index in [2.05, 4.69) is 0 Å². The molecule has 0 unspecified atom stereocenters. The van der Waals surface area contributed by atoms with Gasteiger partial charge in [0.25, 0.3) is 0 Å². The number of piperidine rings is 1. The Bertz CT molecular complexity index is 615. The van der Waals surface area contributed by atoms with Crippen molar-refractivity contribution >= 4 is 11.8 Å². The first-order valence-electron chi connectivity index (χ1n) is 8.23. The van der Waals surface area contributed by atoms with E-state index in [1.165, 1.54) is 25.0 Å². The van der Waals surface area contributed by atoms with Crippen molar-refractivity contribution in [3.63, 3.8) is 0 Å². The summed E-state index contributed by atoms with van der Waals surface area (Å²) in [6.07, 6.45) is 3.27. The number of likely N-dealkylation sites (tertiary alicyclic amines) is 1. The molecule has 1 saturated carbocycles.